The second-order valence-electron chi connectivity index (χ2n) is 5.21. The average molecular weight is 377 g/mol. The monoisotopic (exact) mass is 376 g/mol. The van der Waals surface area contributed by atoms with E-state index >= 15 is 0 Å². The molecule has 0 saturated carbocycles. The molecule has 0 heterocycles. The van der Waals surface area contributed by atoms with Crippen molar-refractivity contribution in [3.63, 3.8) is 0 Å². The van der Waals surface area contributed by atoms with E-state index in [4.69, 9.17) is 0 Å². The Morgan fingerprint density at radius 3 is 2.48 bits per heavy atom. The van der Waals surface area contributed by atoms with E-state index in [1.807, 2.05) is 13.0 Å². The number of benzene rings is 1. The summed E-state index contributed by atoms with van der Waals surface area (Å²) in [5.41, 5.74) is 1.55. The average Bonchev–Trinajstić information content (AvgIpc) is 2.36. The molecule has 0 bridgehead atoms. The molecule has 1 aromatic carbocycles. The van der Waals surface area contributed by atoms with Crippen molar-refractivity contribution in [3.8, 4) is 0 Å². The third-order valence-corrected chi connectivity index (χ3v) is 5.05. The van der Waals surface area contributed by atoms with E-state index in [1.54, 1.807) is 26.0 Å². The summed E-state index contributed by atoms with van der Waals surface area (Å²) in [4.78, 5) is 11.5. The summed E-state index contributed by atoms with van der Waals surface area (Å²) < 4.78 is 26.1. The van der Waals surface area contributed by atoms with Gasteiger partial charge in [0.1, 0.15) is 0 Å². The van der Waals surface area contributed by atoms with Crippen molar-refractivity contribution in [1.82, 2.24) is 5.32 Å². The highest BCUT2D eigenvalue weighted by atomic mass is 79.9. The van der Waals surface area contributed by atoms with E-state index in [-0.39, 0.29) is 24.9 Å². The molecule has 118 valence electrons. The second-order valence-corrected chi connectivity index (χ2v) is 7.98. The molecule has 1 rings (SSSR count). The van der Waals surface area contributed by atoms with Crippen molar-refractivity contribution in [2.24, 2.45) is 5.92 Å². The number of nitrogens with zero attached hydrogens (tertiary/aromatic N) is 1. The minimum Gasteiger partial charge on any atom is -0.354 e. The molecule has 0 aromatic heterocycles. The van der Waals surface area contributed by atoms with Crippen molar-refractivity contribution in [3.05, 3.63) is 28.2 Å². The summed E-state index contributed by atoms with van der Waals surface area (Å²) in [6, 6.07) is 5.35. The normalized spacial score (nSPS) is 11.5. The molecule has 0 atom stereocenters. The SMILES string of the molecule is Cc1cc(N(CCNC(=O)C(C)C)S(C)(=O)=O)ccc1Br. The Labute approximate surface area is 134 Å². The lowest BCUT2D eigenvalue weighted by Crippen LogP contribution is -2.39. The van der Waals surface area contributed by atoms with Crippen LogP contribution in [0.3, 0.4) is 0 Å². The van der Waals surface area contributed by atoms with Gasteiger partial charge in [0.15, 0.2) is 0 Å². The van der Waals surface area contributed by atoms with Gasteiger partial charge >= 0.3 is 0 Å². The van der Waals surface area contributed by atoms with Crippen LogP contribution in [0.15, 0.2) is 22.7 Å². The Morgan fingerprint density at radius 1 is 1.38 bits per heavy atom. The summed E-state index contributed by atoms with van der Waals surface area (Å²) >= 11 is 3.39. The molecule has 0 radical (unpaired) electrons. The minimum absolute atomic E-state index is 0.0876. The Kier molecular flexibility index (Phi) is 6.22. The highest BCUT2D eigenvalue weighted by molar-refractivity contribution is 9.10. The van der Waals surface area contributed by atoms with Crippen LogP contribution in [0.4, 0.5) is 5.69 Å². The number of anilines is 1. The van der Waals surface area contributed by atoms with Crippen molar-refractivity contribution >= 4 is 37.5 Å². The molecule has 0 aliphatic carbocycles. The number of rotatable bonds is 6. The minimum atomic E-state index is -3.40. The number of aryl methyl sites for hydroxylation is 1. The first-order chi connectivity index (χ1) is 9.62. The van der Waals surface area contributed by atoms with E-state index < -0.39 is 10.0 Å². The number of carbonyl (C=O) groups is 1. The largest absolute Gasteiger partial charge is 0.354 e. The molecular formula is C14H21BrN2O3S. The van der Waals surface area contributed by atoms with Gasteiger partial charge < -0.3 is 5.32 Å². The van der Waals surface area contributed by atoms with Crippen LogP contribution < -0.4 is 9.62 Å². The lowest BCUT2D eigenvalue weighted by Gasteiger charge is -2.23. The summed E-state index contributed by atoms with van der Waals surface area (Å²) in [7, 11) is -3.40. The number of hydrogen-bond acceptors (Lipinski definition) is 3. The van der Waals surface area contributed by atoms with E-state index in [0.29, 0.717) is 5.69 Å². The Hall–Kier alpha value is -1.08. The fourth-order valence-electron chi connectivity index (χ4n) is 1.76. The predicted molar refractivity (Wildman–Crippen MR) is 88.9 cm³/mol. The molecular weight excluding hydrogens is 356 g/mol. The standard InChI is InChI=1S/C14H21BrN2O3S/c1-10(2)14(18)16-7-8-17(21(4,19)20)12-5-6-13(15)11(3)9-12/h5-6,9-10H,7-8H2,1-4H3,(H,16,18). The van der Waals surface area contributed by atoms with Crippen LogP contribution in [0.2, 0.25) is 0 Å². The zero-order chi connectivity index (χ0) is 16.2. The van der Waals surface area contributed by atoms with E-state index in [1.165, 1.54) is 4.31 Å². The number of nitrogens with one attached hydrogen (secondary N) is 1. The van der Waals surface area contributed by atoms with Crippen LogP contribution in [-0.2, 0) is 14.8 Å². The van der Waals surface area contributed by atoms with Gasteiger partial charge in [-0.25, -0.2) is 8.42 Å². The number of carbonyl (C=O) groups excluding carboxylic acids is 1. The van der Waals surface area contributed by atoms with E-state index in [0.717, 1.165) is 16.3 Å². The van der Waals surface area contributed by atoms with Gasteiger partial charge in [0.05, 0.1) is 18.5 Å². The van der Waals surface area contributed by atoms with Gasteiger partial charge in [0.25, 0.3) is 0 Å². The third-order valence-electron chi connectivity index (χ3n) is 2.97. The maximum absolute atomic E-state index is 11.9. The molecule has 0 unspecified atom stereocenters. The topological polar surface area (TPSA) is 66.5 Å². The zero-order valence-electron chi connectivity index (χ0n) is 12.7. The van der Waals surface area contributed by atoms with Crippen molar-refractivity contribution in [1.29, 1.82) is 0 Å². The molecule has 0 spiro atoms. The third kappa shape index (κ3) is 5.32. The molecule has 0 aliphatic rings. The molecule has 7 heteroatoms. The van der Waals surface area contributed by atoms with Crippen molar-refractivity contribution < 1.29 is 13.2 Å². The summed E-state index contributed by atoms with van der Waals surface area (Å²) in [6.45, 7) is 5.97. The highest BCUT2D eigenvalue weighted by Crippen LogP contribution is 2.24. The van der Waals surface area contributed by atoms with Gasteiger partial charge in [-0.15, -0.1) is 0 Å². The molecule has 21 heavy (non-hydrogen) atoms. The fourth-order valence-corrected chi connectivity index (χ4v) is 2.92. The first-order valence-corrected chi connectivity index (χ1v) is 9.28. The van der Waals surface area contributed by atoms with Crippen LogP contribution in [0.1, 0.15) is 19.4 Å². The van der Waals surface area contributed by atoms with Crippen LogP contribution in [0.5, 0.6) is 0 Å². The molecule has 0 saturated heterocycles. The molecule has 1 N–H and O–H groups in total. The van der Waals surface area contributed by atoms with Gasteiger partial charge in [-0.1, -0.05) is 29.8 Å². The Bertz CT molecular complexity index is 615. The molecule has 0 aliphatic heterocycles. The summed E-state index contributed by atoms with van der Waals surface area (Å²) in [5.74, 6) is -0.206. The van der Waals surface area contributed by atoms with Crippen molar-refractivity contribution in [2.75, 3.05) is 23.7 Å². The Morgan fingerprint density at radius 2 is 2.00 bits per heavy atom. The second kappa shape index (κ2) is 7.26. The summed E-state index contributed by atoms with van der Waals surface area (Å²) in [6.07, 6.45) is 1.16. The number of sulfonamides is 1. The lowest BCUT2D eigenvalue weighted by atomic mass is 10.2. The number of halogens is 1. The van der Waals surface area contributed by atoms with E-state index in [2.05, 4.69) is 21.2 Å². The first-order valence-electron chi connectivity index (χ1n) is 6.64. The smallest absolute Gasteiger partial charge is 0.232 e. The first kappa shape index (κ1) is 18.0. The van der Waals surface area contributed by atoms with Gasteiger partial charge in [-0.2, -0.15) is 0 Å². The molecule has 1 amide bonds. The van der Waals surface area contributed by atoms with Gasteiger partial charge in [0.2, 0.25) is 15.9 Å². The Balaban J connectivity index is 2.87. The zero-order valence-corrected chi connectivity index (χ0v) is 15.1. The van der Waals surface area contributed by atoms with Gasteiger partial charge in [-0.05, 0) is 30.7 Å². The molecule has 5 nitrogen and oxygen atoms in total. The molecule has 1 aromatic rings. The summed E-state index contributed by atoms with van der Waals surface area (Å²) in [5, 5.41) is 2.73. The predicted octanol–water partition coefficient (Wildman–Crippen LogP) is 2.30. The highest BCUT2D eigenvalue weighted by Gasteiger charge is 2.18. The van der Waals surface area contributed by atoms with Crippen molar-refractivity contribution in [2.45, 2.75) is 20.8 Å². The lowest BCUT2D eigenvalue weighted by molar-refractivity contribution is -0.123. The number of amides is 1. The quantitative estimate of drug-likeness (QED) is 0.827. The maximum atomic E-state index is 11.9. The van der Waals surface area contributed by atoms with Crippen LogP contribution in [-0.4, -0.2) is 33.7 Å². The number of hydrogen-bond donors (Lipinski definition) is 1. The van der Waals surface area contributed by atoms with E-state index in [9.17, 15) is 13.2 Å². The van der Waals surface area contributed by atoms with Crippen LogP contribution in [0, 0.1) is 12.8 Å². The van der Waals surface area contributed by atoms with Gasteiger partial charge in [-0.3, -0.25) is 9.10 Å². The van der Waals surface area contributed by atoms with Gasteiger partial charge in [0, 0.05) is 16.9 Å². The molecule has 0 fully saturated rings. The fraction of sp³-hybridized carbons (Fsp3) is 0.500. The maximum Gasteiger partial charge on any atom is 0.232 e. The van der Waals surface area contributed by atoms with Crippen LogP contribution in [0.25, 0.3) is 0 Å². The van der Waals surface area contributed by atoms with Crippen LogP contribution >= 0.6 is 15.9 Å².